The second-order valence-corrected chi connectivity index (χ2v) is 13.2. The lowest BCUT2D eigenvalue weighted by Gasteiger charge is -2.37. The van der Waals surface area contributed by atoms with Crippen molar-refractivity contribution in [1.82, 2.24) is 0 Å². The van der Waals surface area contributed by atoms with E-state index in [1.54, 1.807) is 0 Å². The standard InChI is InChI=1S/C20H34O4Si/c1-15(10-8-9-11-19(22)23-5)12-16-13-17(14-18(16)21)24-25(6,7)20(2,3)4/h10,13,17H,8-9,11-12,14H2,1-7H3/b15-10+. The number of carbonyl (C=O) groups is 2. The van der Waals surface area contributed by atoms with Gasteiger partial charge in [0.05, 0.1) is 13.2 Å². The molecule has 0 fully saturated rings. The van der Waals surface area contributed by atoms with Gasteiger partial charge < -0.3 is 9.16 Å². The fourth-order valence-corrected chi connectivity index (χ4v) is 3.81. The van der Waals surface area contributed by atoms with Crippen LogP contribution in [0.1, 0.15) is 59.8 Å². The lowest BCUT2D eigenvalue weighted by molar-refractivity contribution is -0.140. The lowest BCUT2D eigenvalue weighted by atomic mass is 10.0. The Morgan fingerprint density at radius 1 is 1.36 bits per heavy atom. The molecule has 0 radical (unpaired) electrons. The van der Waals surface area contributed by atoms with Crippen LogP contribution in [-0.2, 0) is 18.8 Å². The van der Waals surface area contributed by atoms with Crippen LogP contribution >= 0.6 is 0 Å². The zero-order chi connectivity index (χ0) is 19.3. The molecule has 5 heteroatoms. The molecule has 0 saturated heterocycles. The zero-order valence-electron chi connectivity index (χ0n) is 16.9. The van der Waals surface area contributed by atoms with Crippen LogP contribution in [0.3, 0.4) is 0 Å². The second kappa shape index (κ2) is 8.95. The van der Waals surface area contributed by atoms with Gasteiger partial charge in [-0.3, -0.25) is 9.59 Å². The molecule has 1 aliphatic rings. The zero-order valence-corrected chi connectivity index (χ0v) is 17.9. The number of Topliss-reactive ketones (excluding diaryl/α,β-unsaturated/α-hetero) is 1. The van der Waals surface area contributed by atoms with Gasteiger partial charge in [-0.15, -0.1) is 0 Å². The summed E-state index contributed by atoms with van der Waals surface area (Å²) in [5.74, 6) is 0.0244. The number of methoxy groups -OCH3 is 1. The van der Waals surface area contributed by atoms with Crippen LogP contribution in [-0.4, -0.2) is 33.3 Å². The van der Waals surface area contributed by atoms with E-state index in [4.69, 9.17) is 4.43 Å². The van der Waals surface area contributed by atoms with Crippen LogP contribution in [0.25, 0.3) is 0 Å². The third kappa shape index (κ3) is 6.90. The Kier molecular flexibility index (Phi) is 7.81. The average molecular weight is 367 g/mol. The molecule has 0 spiro atoms. The van der Waals surface area contributed by atoms with Crippen LogP contribution in [0.5, 0.6) is 0 Å². The molecule has 1 aliphatic carbocycles. The first-order valence-electron chi connectivity index (χ1n) is 9.10. The van der Waals surface area contributed by atoms with Gasteiger partial charge >= 0.3 is 5.97 Å². The number of esters is 1. The monoisotopic (exact) mass is 366 g/mol. The molecule has 0 amide bonds. The lowest BCUT2D eigenvalue weighted by Crippen LogP contribution is -2.43. The summed E-state index contributed by atoms with van der Waals surface area (Å²) in [7, 11) is -0.458. The summed E-state index contributed by atoms with van der Waals surface area (Å²) in [6.07, 6.45) is 7.24. The predicted octanol–water partition coefficient (Wildman–Crippen LogP) is 4.96. The van der Waals surface area contributed by atoms with Crippen LogP contribution < -0.4 is 0 Å². The topological polar surface area (TPSA) is 52.6 Å². The summed E-state index contributed by atoms with van der Waals surface area (Å²) in [5.41, 5.74) is 2.03. The van der Waals surface area contributed by atoms with Gasteiger partial charge in [0.2, 0.25) is 0 Å². The van der Waals surface area contributed by atoms with Crippen molar-refractivity contribution in [3.8, 4) is 0 Å². The van der Waals surface area contributed by atoms with E-state index < -0.39 is 8.32 Å². The molecule has 1 rings (SSSR count). The molecule has 1 unspecified atom stereocenters. The van der Waals surface area contributed by atoms with Crippen molar-refractivity contribution in [2.75, 3.05) is 7.11 Å². The largest absolute Gasteiger partial charge is 0.469 e. The number of hydrogen-bond donors (Lipinski definition) is 0. The third-order valence-corrected chi connectivity index (χ3v) is 9.66. The molecule has 0 heterocycles. The Balaban J connectivity index is 2.58. The van der Waals surface area contributed by atoms with Crippen molar-refractivity contribution in [3.05, 3.63) is 23.3 Å². The Hall–Kier alpha value is -1.20. The number of ketones is 1. The maximum atomic E-state index is 12.3. The van der Waals surface area contributed by atoms with Gasteiger partial charge in [-0.25, -0.2) is 0 Å². The SMILES string of the molecule is COC(=O)CCC/C=C(\C)CC1=CC(O[Si](C)(C)C(C)(C)C)CC1=O. The van der Waals surface area contributed by atoms with Crippen molar-refractivity contribution in [2.24, 2.45) is 0 Å². The highest BCUT2D eigenvalue weighted by Crippen LogP contribution is 2.39. The molecule has 0 bridgehead atoms. The summed E-state index contributed by atoms with van der Waals surface area (Å²) in [4.78, 5) is 23.4. The van der Waals surface area contributed by atoms with Gasteiger partial charge in [0.1, 0.15) is 0 Å². The number of unbranched alkanes of at least 4 members (excludes halogenated alkanes) is 1. The van der Waals surface area contributed by atoms with Crippen LogP contribution in [0.4, 0.5) is 0 Å². The molecule has 0 aromatic rings. The van der Waals surface area contributed by atoms with E-state index in [9.17, 15) is 9.59 Å². The number of allylic oxidation sites excluding steroid dienone is 3. The van der Waals surface area contributed by atoms with Crippen LogP contribution in [0.2, 0.25) is 18.1 Å². The molecule has 0 N–H and O–H groups in total. The Morgan fingerprint density at radius 3 is 2.56 bits per heavy atom. The van der Waals surface area contributed by atoms with Gasteiger partial charge in [-0.1, -0.05) is 32.4 Å². The van der Waals surface area contributed by atoms with E-state index >= 15 is 0 Å². The molecular formula is C20H34O4Si. The highest BCUT2D eigenvalue weighted by atomic mass is 28.4. The van der Waals surface area contributed by atoms with Gasteiger partial charge in [0.15, 0.2) is 14.1 Å². The molecule has 1 atom stereocenters. The molecule has 0 aromatic carbocycles. The summed E-state index contributed by atoms with van der Waals surface area (Å²) in [5, 5.41) is 0.141. The molecular weight excluding hydrogens is 332 g/mol. The van der Waals surface area contributed by atoms with Gasteiger partial charge in [-0.2, -0.15) is 0 Å². The van der Waals surface area contributed by atoms with E-state index in [1.165, 1.54) is 7.11 Å². The maximum absolute atomic E-state index is 12.3. The number of ether oxygens (including phenoxy) is 1. The summed E-state index contributed by atoms with van der Waals surface area (Å²) in [6.45, 7) is 13.1. The minimum atomic E-state index is -1.86. The normalized spacial score (nSPS) is 19.2. The smallest absolute Gasteiger partial charge is 0.305 e. The van der Waals surface area contributed by atoms with Crippen molar-refractivity contribution in [2.45, 2.75) is 84.0 Å². The Labute approximate surface area is 153 Å². The minimum absolute atomic E-state index is 0.0736. The first-order chi connectivity index (χ1) is 11.5. The summed E-state index contributed by atoms with van der Waals surface area (Å²) in [6, 6.07) is 0. The van der Waals surface area contributed by atoms with Gasteiger partial charge in [-0.05, 0) is 56.0 Å². The maximum Gasteiger partial charge on any atom is 0.305 e. The Morgan fingerprint density at radius 2 is 2.00 bits per heavy atom. The summed E-state index contributed by atoms with van der Waals surface area (Å²) < 4.78 is 11.0. The highest BCUT2D eigenvalue weighted by Gasteiger charge is 2.40. The highest BCUT2D eigenvalue weighted by molar-refractivity contribution is 6.74. The first kappa shape index (κ1) is 21.8. The second-order valence-electron chi connectivity index (χ2n) is 8.43. The quantitative estimate of drug-likeness (QED) is 0.264. The fraction of sp³-hybridized carbons (Fsp3) is 0.700. The van der Waals surface area contributed by atoms with E-state index in [0.717, 1.165) is 24.0 Å². The van der Waals surface area contributed by atoms with Gasteiger partial charge in [0.25, 0.3) is 0 Å². The van der Waals surface area contributed by atoms with E-state index in [1.807, 2.05) is 13.0 Å². The number of rotatable bonds is 8. The van der Waals surface area contributed by atoms with Crippen LogP contribution in [0, 0.1) is 0 Å². The van der Waals surface area contributed by atoms with Crippen molar-refractivity contribution < 1.29 is 18.8 Å². The van der Waals surface area contributed by atoms with Crippen molar-refractivity contribution in [1.29, 1.82) is 0 Å². The van der Waals surface area contributed by atoms with Crippen LogP contribution in [0.15, 0.2) is 23.3 Å². The van der Waals surface area contributed by atoms with E-state index in [0.29, 0.717) is 19.3 Å². The van der Waals surface area contributed by atoms with E-state index in [-0.39, 0.29) is 22.9 Å². The average Bonchev–Trinajstić information content (AvgIpc) is 2.81. The van der Waals surface area contributed by atoms with Gasteiger partial charge in [0, 0.05) is 12.8 Å². The molecule has 142 valence electrons. The Bertz CT molecular complexity index is 553. The van der Waals surface area contributed by atoms with Crippen molar-refractivity contribution >= 4 is 20.1 Å². The predicted molar refractivity (Wildman–Crippen MR) is 104 cm³/mol. The molecule has 0 aliphatic heterocycles. The number of hydrogen-bond acceptors (Lipinski definition) is 4. The first-order valence-corrected chi connectivity index (χ1v) is 12.0. The third-order valence-electron chi connectivity index (χ3n) is 5.16. The summed E-state index contributed by atoms with van der Waals surface area (Å²) >= 11 is 0. The minimum Gasteiger partial charge on any atom is -0.469 e. The van der Waals surface area contributed by atoms with Crippen molar-refractivity contribution in [3.63, 3.8) is 0 Å². The van der Waals surface area contributed by atoms with E-state index in [2.05, 4.69) is 44.7 Å². The number of carbonyl (C=O) groups excluding carboxylic acids is 2. The molecule has 0 saturated carbocycles. The molecule has 4 nitrogen and oxygen atoms in total. The molecule has 25 heavy (non-hydrogen) atoms. The fourth-order valence-electron chi connectivity index (χ4n) is 2.55. The molecule has 0 aromatic heterocycles.